The standard InChI is InChI=1S/C14H11BrFNO4/c15-11-2-1-9(13(16)6-11)8-21-14-4-3-12(17(19)20)5-10(14)7-18/h1-6,18H,7-8H2. The van der Waals surface area contributed by atoms with Crippen LogP contribution in [-0.2, 0) is 13.2 Å². The minimum absolute atomic E-state index is 0.0378. The Morgan fingerprint density at radius 2 is 2.00 bits per heavy atom. The third kappa shape index (κ3) is 3.77. The molecule has 0 spiro atoms. The number of rotatable bonds is 5. The predicted octanol–water partition coefficient (Wildman–Crippen LogP) is 3.57. The number of nitro groups is 1. The molecule has 7 heteroatoms. The summed E-state index contributed by atoms with van der Waals surface area (Å²) in [7, 11) is 0. The number of hydrogen-bond acceptors (Lipinski definition) is 4. The van der Waals surface area contributed by atoms with E-state index in [1.54, 1.807) is 12.1 Å². The maximum absolute atomic E-state index is 13.7. The molecule has 0 heterocycles. The van der Waals surface area contributed by atoms with Crippen LogP contribution in [-0.4, -0.2) is 10.0 Å². The van der Waals surface area contributed by atoms with Gasteiger partial charge in [0.25, 0.3) is 5.69 Å². The molecular weight excluding hydrogens is 345 g/mol. The van der Waals surface area contributed by atoms with Crippen LogP contribution in [0.25, 0.3) is 0 Å². The Labute approximate surface area is 128 Å². The van der Waals surface area contributed by atoms with Crippen molar-refractivity contribution < 1.29 is 19.2 Å². The second-order valence-electron chi connectivity index (χ2n) is 4.23. The van der Waals surface area contributed by atoms with Crippen LogP contribution in [0.2, 0.25) is 0 Å². The molecule has 110 valence electrons. The molecule has 0 fully saturated rings. The summed E-state index contributed by atoms with van der Waals surface area (Å²) in [6.07, 6.45) is 0. The first-order chi connectivity index (χ1) is 10.0. The van der Waals surface area contributed by atoms with Gasteiger partial charge >= 0.3 is 0 Å². The van der Waals surface area contributed by atoms with Gasteiger partial charge in [-0.25, -0.2) is 4.39 Å². The average molecular weight is 356 g/mol. The quantitative estimate of drug-likeness (QED) is 0.657. The number of aliphatic hydroxyl groups excluding tert-OH is 1. The zero-order chi connectivity index (χ0) is 15.4. The summed E-state index contributed by atoms with van der Waals surface area (Å²) >= 11 is 3.16. The molecule has 2 aromatic carbocycles. The van der Waals surface area contributed by atoms with Crippen LogP contribution < -0.4 is 4.74 Å². The average Bonchev–Trinajstić information content (AvgIpc) is 2.46. The summed E-state index contributed by atoms with van der Waals surface area (Å²) in [5, 5.41) is 19.9. The van der Waals surface area contributed by atoms with Gasteiger partial charge in [-0.1, -0.05) is 22.0 Å². The molecule has 1 N–H and O–H groups in total. The number of ether oxygens (including phenoxy) is 1. The fourth-order valence-corrected chi connectivity index (χ4v) is 2.07. The van der Waals surface area contributed by atoms with Crippen molar-refractivity contribution in [2.75, 3.05) is 0 Å². The first kappa shape index (κ1) is 15.4. The molecule has 2 rings (SSSR count). The number of benzene rings is 2. The molecule has 0 amide bonds. The molecule has 5 nitrogen and oxygen atoms in total. The summed E-state index contributed by atoms with van der Waals surface area (Å²) in [5.74, 6) is -0.137. The van der Waals surface area contributed by atoms with E-state index in [2.05, 4.69) is 15.9 Å². The lowest BCUT2D eigenvalue weighted by atomic mass is 10.2. The van der Waals surface area contributed by atoms with Crippen molar-refractivity contribution in [1.29, 1.82) is 0 Å². The highest BCUT2D eigenvalue weighted by Crippen LogP contribution is 2.25. The molecule has 2 aromatic rings. The van der Waals surface area contributed by atoms with E-state index in [0.717, 1.165) is 0 Å². The molecule has 0 aromatic heterocycles. The Bertz CT molecular complexity index is 678. The van der Waals surface area contributed by atoms with E-state index in [1.165, 1.54) is 24.3 Å². The van der Waals surface area contributed by atoms with Gasteiger partial charge in [-0.2, -0.15) is 0 Å². The van der Waals surface area contributed by atoms with Gasteiger partial charge in [-0.15, -0.1) is 0 Å². The maximum Gasteiger partial charge on any atom is 0.270 e. The Morgan fingerprint density at radius 1 is 1.24 bits per heavy atom. The SMILES string of the molecule is O=[N+]([O-])c1ccc(OCc2ccc(Br)cc2F)c(CO)c1. The highest BCUT2D eigenvalue weighted by atomic mass is 79.9. The van der Waals surface area contributed by atoms with Crippen molar-refractivity contribution in [1.82, 2.24) is 0 Å². The Balaban J connectivity index is 2.17. The smallest absolute Gasteiger partial charge is 0.270 e. The molecule has 0 radical (unpaired) electrons. The largest absolute Gasteiger partial charge is 0.488 e. The third-order valence-corrected chi connectivity index (χ3v) is 3.32. The highest BCUT2D eigenvalue weighted by molar-refractivity contribution is 9.10. The van der Waals surface area contributed by atoms with Crippen LogP contribution >= 0.6 is 15.9 Å². The van der Waals surface area contributed by atoms with Crippen molar-refractivity contribution in [3.63, 3.8) is 0 Å². The summed E-state index contributed by atoms with van der Waals surface area (Å²) in [4.78, 5) is 10.1. The normalized spacial score (nSPS) is 10.4. The predicted molar refractivity (Wildman–Crippen MR) is 77.5 cm³/mol. The minimum Gasteiger partial charge on any atom is -0.488 e. The lowest BCUT2D eigenvalue weighted by Gasteiger charge is -2.10. The van der Waals surface area contributed by atoms with E-state index < -0.39 is 17.3 Å². The van der Waals surface area contributed by atoms with Crippen LogP contribution in [0.5, 0.6) is 5.75 Å². The van der Waals surface area contributed by atoms with Crippen LogP contribution in [0.4, 0.5) is 10.1 Å². The zero-order valence-electron chi connectivity index (χ0n) is 10.8. The van der Waals surface area contributed by atoms with E-state index in [9.17, 15) is 19.6 Å². The van der Waals surface area contributed by atoms with Gasteiger partial charge in [-0.3, -0.25) is 10.1 Å². The van der Waals surface area contributed by atoms with Crippen LogP contribution in [0.15, 0.2) is 40.9 Å². The lowest BCUT2D eigenvalue weighted by molar-refractivity contribution is -0.385. The first-order valence-corrected chi connectivity index (χ1v) is 6.75. The van der Waals surface area contributed by atoms with E-state index in [-0.39, 0.29) is 23.6 Å². The number of halogens is 2. The Hall–Kier alpha value is -1.99. The molecule has 0 atom stereocenters. The molecule has 0 unspecified atom stereocenters. The Morgan fingerprint density at radius 3 is 2.62 bits per heavy atom. The van der Waals surface area contributed by atoms with Crippen LogP contribution in [0.3, 0.4) is 0 Å². The fourth-order valence-electron chi connectivity index (χ4n) is 1.74. The highest BCUT2D eigenvalue weighted by Gasteiger charge is 2.12. The molecule has 0 saturated heterocycles. The summed E-state index contributed by atoms with van der Waals surface area (Å²) in [6, 6.07) is 8.47. The molecule has 0 saturated carbocycles. The van der Waals surface area contributed by atoms with Crippen molar-refractivity contribution in [3.8, 4) is 5.75 Å². The van der Waals surface area contributed by atoms with Gasteiger partial charge in [0.1, 0.15) is 18.2 Å². The summed E-state index contributed by atoms with van der Waals surface area (Å²) in [6.45, 7) is -0.441. The Kier molecular flexibility index (Phi) is 4.87. The monoisotopic (exact) mass is 355 g/mol. The maximum atomic E-state index is 13.7. The second kappa shape index (κ2) is 6.64. The lowest BCUT2D eigenvalue weighted by Crippen LogP contribution is -2.01. The zero-order valence-corrected chi connectivity index (χ0v) is 12.3. The molecule has 0 aliphatic rings. The van der Waals surface area contributed by atoms with Gasteiger partial charge in [-0.05, 0) is 18.2 Å². The van der Waals surface area contributed by atoms with Crippen LogP contribution in [0, 0.1) is 15.9 Å². The summed E-state index contributed by atoms with van der Waals surface area (Å²) in [5.41, 5.74) is 0.489. The van der Waals surface area contributed by atoms with Gasteiger partial charge in [0, 0.05) is 27.7 Å². The van der Waals surface area contributed by atoms with E-state index in [0.29, 0.717) is 10.0 Å². The van der Waals surface area contributed by atoms with E-state index in [4.69, 9.17) is 4.74 Å². The number of non-ortho nitro benzene ring substituents is 1. The van der Waals surface area contributed by atoms with Gasteiger partial charge in [0.15, 0.2) is 0 Å². The minimum atomic E-state index is -0.558. The second-order valence-corrected chi connectivity index (χ2v) is 5.15. The molecular formula is C14H11BrFNO4. The van der Waals surface area contributed by atoms with E-state index in [1.807, 2.05) is 0 Å². The fraction of sp³-hybridized carbons (Fsp3) is 0.143. The number of aliphatic hydroxyl groups is 1. The number of hydrogen-bond donors (Lipinski definition) is 1. The van der Waals surface area contributed by atoms with Gasteiger partial charge < -0.3 is 9.84 Å². The number of nitrogens with zero attached hydrogens (tertiary/aromatic N) is 1. The van der Waals surface area contributed by atoms with Crippen molar-refractivity contribution in [3.05, 3.63) is 67.9 Å². The number of nitro benzene ring substituents is 1. The molecule has 0 aliphatic heterocycles. The molecule has 0 aliphatic carbocycles. The topological polar surface area (TPSA) is 72.6 Å². The molecule has 0 bridgehead atoms. The van der Waals surface area contributed by atoms with Crippen molar-refractivity contribution in [2.45, 2.75) is 13.2 Å². The summed E-state index contributed by atoms with van der Waals surface area (Å²) < 4.78 is 19.7. The van der Waals surface area contributed by atoms with Crippen molar-refractivity contribution >= 4 is 21.6 Å². The van der Waals surface area contributed by atoms with Crippen LogP contribution in [0.1, 0.15) is 11.1 Å². The van der Waals surface area contributed by atoms with Gasteiger partial charge in [0.2, 0.25) is 0 Å². The van der Waals surface area contributed by atoms with E-state index >= 15 is 0 Å². The first-order valence-electron chi connectivity index (χ1n) is 5.96. The van der Waals surface area contributed by atoms with Gasteiger partial charge in [0.05, 0.1) is 11.5 Å². The molecule has 21 heavy (non-hydrogen) atoms. The van der Waals surface area contributed by atoms with Crippen molar-refractivity contribution in [2.24, 2.45) is 0 Å². The third-order valence-electron chi connectivity index (χ3n) is 2.82.